The Morgan fingerprint density at radius 1 is 1.00 bits per heavy atom. The molecule has 0 aliphatic rings. The zero-order valence-corrected chi connectivity index (χ0v) is 14.2. The van der Waals surface area contributed by atoms with E-state index in [1.807, 2.05) is 54.9 Å². The SMILES string of the molecule is O=C(NCCCn1cnc2ccccc21)c1cncn1-c1ccccc1. The second kappa shape index (κ2) is 7.23. The number of carbonyl (C=O) groups excluding carboxylic acids is 1. The summed E-state index contributed by atoms with van der Waals surface area (Å²) >= 11 is 0. The highest BCUT2D eigenvalue weighted by Crippen LogP contribution is 2.12. The van der Waals surface area contributed by atoms with Gasteiger partial charge in [0, 0.05) is 18.8 Å². The molecule has 0 radical (unpaired) electrons. The number of benzene rings is 2. The van der Waals surface area contributed by atoms with E-state index < -0.39 is 0 Å². The van der Waals surface area contributed by atoms with Gasteiger partial charge in [-0.2, -0.15) is 0 Å². The molecule has 0 saturated carbocycles. The van der Waals surface area contributed by atoms with Crippen LogP contribution in [0.4, 0.5) is 0 Å². The summed E-state index contributed by atoms with van der Waals surface area (Å²) in [4.78, 5) is 21.0. The minimum Gasteiger partial charge on any atom is -0.351 e. The predicted molar refractivity (Wildman–Crippen MR) is 100 cm³/mol. The molecular formula is C20H19N5O. The second-order valence-corrected chi connectivity index (χ2v) is 6.02. The molecule has 0 spiro atoms. The molecule has 2 aromatic carbocycles. The van der Waals surface area contributed by atoms with Gasteiger partial charge in [0.15, 0.2) is 0 Å². The molecule has 0 saturated heterocycles. The number of nitrogens with zero attached hydrogens (tertiary/aromatic N) is 4. The average molecular weight is 345 g/mol. The van der Waals surface area contributed by atoms with Crippen LogP contribution in [0.15, 0.2) is 73.4 Å². The van der Waals surface area contributed by atoms with E-state index >= 15 is 0 Å². The Balaban J connectivity index is 1.36. The monoisotopic (exact) mass is 345 g/mol. The lowest BCUT2D eigenvalue weighted by Crippen LogP contribution is -2.27. The molecule has 4 rings (SSSR count). The Labute approximate surface area is 151 Å². The van der Waals surface area contributed by atoms with Crippen LogP contribution in [-0.4, -0.2) is 31.6 Å². The Morgan fingerprint density at radius 3 is 2.69 bits per heavy atom. The van der Waals surface area contributed by atoms with E-state index in [1.165, 1.54) is 0 Å². The first-order valence-electron chi connectivity index (χ1n) is 8.59. The van der Waals surface area contributed by atoms with Gasteiger partial charge in [-0.15, -0.1) is 0 Å². The summed E-state index contributed by atoms with van der Waals surface area (Å²) in [6.45, 7) is 1.39. The fourth-order valence-electron chi connectivity index (χ4n) is 2.99. The maximum absolute atomic E-state index is 12.5. The van der Waals surface area contributed by atoms with Crippen molar-refractivity contribution in [3.63, 3.8) is 0 Å². The number of imidazole rings is 2. The van der Waals surface area contributed by atoms with Crippen LogP contribution in [0.2, 0.25) is 0 Å². The molecule has 0 fully saturated rings. The van der Waals surface area contributed by atoms with Gasteiger partial charge in [-0.3, -0.25) is 9.36 Å². The van der Waals surface area contributed by atoms with Gasteiger partial charge >= 0.3 is 0 Å². The Kier molecular flexibility index (Phi) is 4.47. The van der Waals surface area contributed by atoms with E-state index in [-0.39, 0.29) is 5.91 Å². The predicted octanol–water partition coefficient (Wildman–Crippen LogP) is 3.04. The molecule has 2 heterocycles. The summed E-state index contributed by atoms with van der Waals surface area (Å²) in [6.07, 6.45) is 5.91. The third kappa shape index (κ3) is 3.21. The van der Waals surface area contributed by atoms with Crippen molar-refractivity contribution in [2.75, 3.05) is 6.54 Å². The van der Waals surface area contributed by atoms with E-state index in [0.29, 0.717) is 12.2 Å². The maximum Gasteiger partial charge on any atom is 0.269 e. The summed E-state index contributed by atoms with van der Waals surface area (Å²) in [7, 11) is 0. The van der Waals surface area contributed by atoms with Crippen molar-refractivity contribution < 1.29 is 4.79 Å². The second-order valence-electron chi connectivity index (χ2n) is 6.02. The zero-order chi connectivity index (χ0) is 17.8. The summed E-state index contributed by atoms with van der Waals surface area (Å²) in [5.41, 5.74) is 3.55. The Hall–Kier alpha value is -3.41. The minimum absolute atomic E-state index is 0.123. The molecule has 4 aromatic rings. The van der Waals surface area contributed by atoms with Crippen molar-refractivity contribution in [3.8, 4) is 5.69 Å². The molecule has 0 atom stereocenters. The molecule has 26 heavy (non-hydrogen) atoms. The van der Waals surface area contributed by atoms with Crippen LogP contribution in [-0.2, 0) is 6.54 Å². The molecule has 0 aliphatic carbocycles. The van der Waals surface area contributed by atoms with E-state index in [4.69, 9.17) is 0 Å². The van der Waals surface area contributed by atoms with Crippen molar-refractivity contribution in [2.45, 2.75) is 13.0 Å². The Bertz CT molecular complexity index is 1020. The number of hydrogen-bond acceptors (Lipinski definition) is 3. The number of aromatic nitrogens is 4. The quantitative estimate of drug-likeness (QED) is 0.546. The largest absolute Gasteiger partial charge is 0.351 e. The molecular weight excluding hydrogens is 326 g/mol. The highest BCUT2D eigenvalue weighted by Gasteiger charge is 2.12. The van der Waals surface area contributed by atoms with Gasteiger partial charge in [0.25, 0.3) is 5.91 Å². The van der Waals surface area contributed by atoms with Crippen molar-refractivity contribution in [1.29, 1.82) is 0 Å². The van der Waals surface area contributed by atoms with Gasteiger partial charge < -0.3 is 9.88 Å². The van der Waals surface area contributed by atoms with Gasteiger partial charge in [0.05, 0.1) is 29.9 Å². The Morgan fingerprint density at radius 2 is 1.81 bits per heavy atom. The van der Waals surface area contributed by atoms with Gasteiger partial charge in [-0.25, -0.2) is 9.97 Å². The number of fused-ring (bicyclic) bond motifs is 1. The first-order chi connectivity index (χ1) is 12.8. The summed E-state index contributed by atoms with van der Waals surface area (Å²) in [5.74, 6) is -0.123. The number of rotatable bonds is 6. The summed E-state index contributed by atoms with van der Waals surface area (Å²) in [6, 6.07) is 17.8. The highest BCUT2D eigenvalue weighted by atomic mass is 16.1. The molecule has 0 bridgehead atoms. The van der Waals surface area contributed by atoms with Crippen molar-refractivity contribution in [2.24, 2.45) is 0 Å². The van der Waals surface area contributed by atoms with Gasteiger partial charge in [-0.05, 0) is 30.7 Å². The molecule has 1 N–H and O–H groups in total. The molecule has 0 unspecified atom stereocenters. The van der Waals surface area contributed by atoms with Crippen LogP contribution in [0.5, 0.6) is 0 Å². The lowest BCUT2D eigenvalue weighted by molar-refractivity contribution is 0.0946. The number of aryl methyl sites for hydroxylation is 1. The molecule has 1 amide bonds. The molecule has 0 aliphatic heterocycles. The average Bonchev–Trinajstić information content (AvgIpc) is 3.33. The summed E-state index contributed by atoms with van der Waals surface area (Å²) in [5, 5.41) is 2.97. The molecule has 6 heteroatoms. The lowest BCUT2D eigenvalue weighted by Gasteiger charge is -2.09. The van der Waals surface area contributed by atoms with Crippen LogP contribution in [0, 0.1) is 0 Å². The number of nitrogens with one attached hydrogen (secondary N) is 1. The number of amides is 1. The maximum atomic E-state index is 12.5. The van der Waals surface area contributed by atoms with E-state index in [1.54, 1.807) is 17.1 Å². The van der Waals surface area contributed by atoms with E-state index in [0.717, 1.165) is 29.7 Å². The molecule has 130 valence electrons. The van der Waals surface area contributed by atoms with Crippen LogP contribution in [0.1, 0.15) is 16.9 Å². The number of para-hydroxylation sites is 3. The zero-order valence-electron chi connectivity index (χ0n) is 14.2. The van der Waals surface area contributed by atoms with Crippen molar-refractivity contribution in [1.82, 2.24) is 24.4 Å². The van der Waals surface area contributed by atoms with Crippen LogP contribution in [0.3, 0.4) is 0 Å². The highest BCUT2D eigenvalue weighted by molar-refractivity contribution is 5.92. The minimum atomic E-state index is -0.123. The fourth-order valence-corrected chi connectivity index (χ4v) is 2.99. The van der Waals surface area contributed by atoms with E-state index in [9.17, 15) is 4.79 Å². The first-order valence-corrected chi connectivity index (χ1v) is 8.59. The third-order valence-electron chi connectivity index (χ3n) is 4.29. The molecule has 2 aromatic heterocycles. The van der Waals surface area contributed by atoms with Crippen LogP contribution >= 0.6 is 0 Å². The third-order valence-corrected chi connectivity index (χ3v) is 4.29. The molecule has 6 nitrogen and oxygen atoms in total. The number of hydrogen-bond donors (Lipinski definition) is 1. The lowest BCUT2D eigenvalue weighted by atomic mass is 10.3. The van der Waals surface area contributed by atoms with Crippen LogP contribution in [0.25, 0.3) is 16.7 Å². The smallest absolute Gasteiger partial charge is 0.269 e. The van der Waals surface area contributed by atoms with Crippen molar-refractivity contribution in [3.05, 3.63) is 79.1 Å². The first kappa shape index (κ1) is 16.1. The fraction of sp³-hybridized carbons (Fsp3) is 0.150. The van der Waals surface area contributed by atoms with Crippen molar-refractivity contribution >= 4 is 16.9 Å². The van der Waals surface area contributed by atoms with E-state index in [2.05, 4.69) is 25.9 Å². The number of carbonyl (C=O) groups is 1. The van der Waals surface area contributed by atoms with Gasteiger partial charge in [0.2, 0.25) is 0 Å². The standard InChI is InChI=1S/C20H19N5O/c26-20(19-13-21-14-25(19)16-7-2-1-3-8-16)22-11-6-12-24-15-23-17-9-4-5-10-18(17)24/h1-5,7-10,13-15H,6,11-12H2,(H,22,26). The van der Waals surface area contributed by atoms with Crippen LogP contribution < -0.4 is 5.32 Å². The topological polar surface area (TPSA) is 64.7 Å². The summed E-state index contributed by atoms with van der Waals surface area (Å²) < 4.78 is 3.90. The van der Waals surface area contributed by atoms with Gasteiger partial charge in [0.1, 0.15) is 5.69 Å². The normalized spacial score (nSPS) is 10.9. The van der Waals surface area contributed by atoms with Gasteiger partial charge in [-0.1, -0.05) is 30.3 Å².